The summed E-state index contributed by atoms with van der Waals surface area (Å²) in [5, 5.41) is 0. The number of nitrogens with zero attached hydrogens (tertiary/aromatic N) is 4. The van der Waals surface area contributed by atoms with E-state index in [0.717, 1.165) is 37.0 Å². The summed E-state index contributed by atoms with van der Waals surface area (Å²) in [6.07, 6.45) is 9.82. The Labute approximate surface area is 162 Å². The average Bonchev–Trinajstić information content (AvgIpc) is 3.36. The zero-order valence-electron chi connectivity index (χ0n) is 16.5. The van der Waals surface area contributed by atoms with Crippen molar-refractivity contribution in [1.29, 1.82) is 0 Å². The molecular formula is C22H32N4O. The molecule has 1 amide bonds. The second-order valence-electron chi connectivity index (χ2n) is 8.27. The molecule has 0 saturated carbocycles. The molecule has 0 N–H and O–H groups in total. The van der Waals surface area contributed by atoms with Crippen LogP contribution < -0.4 is 0 Å². The van der Waals surface area contributed by atoms with E-state index in [0.29, 0.717) is 18.4 Å². The highest BCUT2D eigenvalue weighted by atomic mass is 16.2. The fourth-order valence-electron chi connectivity index (χ4n) is 4.76. The van der Waals surface area contributed by atoms with Crippen LogP contribution in [0.25, 0.3) is 11.0 Å². The number of carbonyl (C=O) groups is 1. The van der Waals surface area contributed by atoms with E-state index in [1.165, 1.54) is 38.8 Å². The Bertz CT molecular complexity index is 765. The first kappa shape index (κ1) is 18.5. The summed E-state index contributed by atoms with van der Waals surface area (Å²) in [5.41, 5.74) is 2.11. The number of piperidine rings is 1. The number of benzene rings is 1. The SMILES string of the molecule is CC(CC(=O)N1CCCCC1CCN1CCCC1)n1cnc2ccccc21. The molecule has 0 bridgehead atoms. The summed E-state index contributed by atoms with van der Waals surface area (Å²) in [6, 6.07) is 8.72. The quantitative estimate of drug-likeness (QED) is 0.778. The first-order chi connectivity index (χ1) is 13.2. The van der Waals surface area contributed by atoms with Crippen LogP contribution in [0.1, 0.15) is 57.9 Å². The Morgan fingerprint density at radius 3 is 2.78 bits per heavy atom. The monoisotopic (exact) mass is 368 g/mol. The molecule has 1 aromatic carbocycles. The van der Waals surface area contributed by atoms with E-state index in [-0.39, 0.29) is 6.04 Å². The van der Waals surface area contributed by atoms with Crippen LogP contribution in [0.15, 0.2) is 30.6 Å². The molecule has 27 heavy (non-hydrogen) atoms. The van der Waals surface area contributed by atoms with Crippen molar-refractivity contribution in [2.45, 2.75) is 64.0 Å². The van der Waals surface area contributed by atoms with Crippen molar-refractivity contribution in [2.75, 3.05) is 26.2 Å². The molecule has 0 radical (unpaired) electrons. The third kappa shape index (κ3) is 4.18. The molecule has 4 rings (SSSR count). The number of amides is 1. The van der Waals surface area contributed by atoms with E-state index >= 15 is 0 Å². The molecule has 1 aromatic heterocycles. The first-order valence-corrected chi connectivity index (χ1v) is 10.7. The molecule has 2 aliphatic rings. The van der Waals surface area contributed by atoms with Gasteiger partial charge in [0, 0.05) is 31.6 Å². The Balaban J connectivity index is 1.39. The molecule has 2 fully saturated rings. The van der Waals surface area contributed by atoms with Crippen LogP contribution in [0, 0.1) is 0 Å². The maximum absolute atomic E-state index is 13.1. The molecule has 146 valence electrons. The standard InChI is InChI=1S/C22H32N4O/c1-18(26-17-23-20-9-2-3-10-21(20)26)16-22(27)25-14-5-4-8-19(25)11-15-24-12-6-7-13-24/h2-3,9-10,17-19H,4-8,11-16H2,1H3. The van der Waals surface area contributed by atoms with Crippen LogP contribution in [0.2, 0.25) is 0 Å². The Hall–Kier alpha value is -1.88. The lowest BCUT2D eigenvalue weighted by Gasteiger charge is -2.37. The topological polar surface area (TPSA) is 41.4 Å². The molecule has 3 heterocycles. The number of imidazole rings is 1. The summed E-state index contributed by atoms with van der Waals surface area (Å²) in [7, 11) is 0. The smallest absolute Gasteiger partial charge is 0.224 e. The van der Waals surface area contributed by atoms with Crippen molar-refractivity contribution in [3.8, 4) is 0 Å². The van der Waals surface area contributed by atoms with Crippen molar-refractivity contribution in [2.24, 2.45) is 0 Å². The second-order valence-corrected chi connectivity index (χ2v) is 8.27. The van der Waals surface area contributed by atoms with Gasteiger partial charge in [-0.3, -0.25) is 4.79 Å². The Morgan fingerprint density at radius 2 is 1.93 bits per heavy atom. The minimum Gasteiger partial charge on any atom is -0.340 e. The van der Waals surface area contributed by atoms with Crippen LogP contribution in [-0.4, -0.2) is 57.5 Å². The lowest BCUT2D eigenvalue weighted by Crippen LogP contribution is -2.45. The van der Waals surface area contributed by atoms with Gasteiger partial charge >= 0.3 is 0 Å². The lowest BCUT2D eigenvalue weighted by molar-refractivity contribution is -0.135. The normalized spacial score (nSPS) is 22.4. The zero-order chi connectivity index (χ0) is 18.6. The highest BCUT2D eigenvalue weighted by Gasteiger charge is 2.28. The average molecular weight is 369 g/mol. The molecule has 5 heteroatoms. The number of aromatic nitrogens is 2. The molecule has 0 aliphatic carbocycles. The number of hydrogen-bond acceptors (Lipinski definition) is 3. The molecule has 2 atom stereocenters. The van der Waals surface area contributed by atoms with Gasteiger partial charge in [-0.25, -0.2) is 4.98 Å². The summed E-state index contributed by atoms with van der Waals surface area (Å²) in [6.45, 7) is 6.70. The van der Waals surface area contributed by atoms with Gasteiger partial charge in [0.1, 0.15) is 0 Å². The summed E-state index contributed by atoms with van der Waals surface area (Å²) in [5.74, 6) is 0.311. The van der Waals surface area contributed by atoms with Crippen molar-refractivity contribution in [3.63, 3.8) is 0 Å². The predicted octanol–water partition coefficient (Wildman–Crippen LogP) is 3.85. The molecule has 5 nitrogen and oxygen atoms in total. The van der Waals surface area contributed by atoms with E-state index in [1.54, 1.807) is 0 Å². The van der Waals surface area contributed by atoms with Crippen LogP contribution in [0.5, 0.6) is 0 Å². The first-order valence-electron chi connectivity index (χ1n) is 10.7. The van der Waals surface area contributed by atoms with Crippen LogP contribution in [-0.2, 0) is 4.79 Å². The predicted molar refractivity (Wildman–Crippen MR) is 109 cm³/mol. The highest BCUT2D eigenvalue weighted by Crippen LogP contribution is 2.25. The number of carbonyl (C=O) groups excluding carboxylic acids is 1. The number of likely N-dealkylation sites (tertiary alicyclic amines) is 2. The molecule has 2 aromatic rings. The number of rotatable bonds is 6. The molecule has 2 unspecified atom stereocenters. The van der Waals surface area contributed by atoms with Gasteiger partial charge in [-0.15, -0.1) is 0 Å². The minimum atomic E-state index is 0.131. The largest absolute Gasteiger partial charge is 0.340 e. The van der Waals surface area contributed by atoms with Gasteiger partial charge < -0.3 is 14.4 Å². The van der Waals surface area contributed by atoms with Gasteiger partial charge in [0.05, 0.1) is 17.4 Å². The minimum absolute atomic E-state index is 0.131. The Kier molecular flexibility index (Phi) is 5.77. The fraction of sp³-hybridized carbons (Fsp3) is 0.636. The van der Waals surface area contributed by atoms with Gasteiger partial charge in [0.15, 0.2) is 0 Å². The van der Waals surface area contributed by atoms with Gasteiger partial charge in [-0.2, -0.15) is 0 Å². The van der Waals surface area contributed by atoms with Crippen LogP contribution in [0.4, 0.5) is 0 Å². The number of para-hydroxylation sites is 2. The van der Waals surface area contributed by atoms with E-state index in [2.05, 4.69) is 32.3 Å². The molecule has 2 aliphatic heterocycles. The van der Waals surface area contributed by atoms with Crippen molar-refractivity contribution < 1.29 is 4.79 Å². The lowest BCUT2D eigenvalue weighted by atomic mass is 9.98. The zero-order valence-corrected chi connectivity index (χ0v) is 16.5. The molecular weight excluding hydrogens is 336 g/mol. The summed E-state index contributed by atoms with van der Waals surface area (Å²) < 4.78 is 2.15. The number of fused-ring (bicyclic) bond motifs is 1. The molecule has 2 saturated heterocycles. The van der Waals surface area contributed by atoms with Crippen molar-refractivity contribution in [3.05, 3.63) is 30.6 Å². The third-order valence-electron chi connectivity index (χ3n) is 6.35. The molecule has 0 spiro atoms. The van der Waals surface area contributed by atoms with Gasteiger partial charge in [-0.1, -0.05) is 12.1 Å². The van der Waals surface area contributed by atoms with Crippen molar-refractivity contribution >= 4 is 16.9 Å². The van der Waals surface area contributed by atoms with Crippen LogP contribution >= 0.6 is 0 Å². The van der Waals surface area contributed by atoms with E-state index in [1.807, 2.05) is 24.5 Å². The number of hydrogen-bond donors (Lipinski definition) is 0. The third-order valence-corrected chi connectivity index (χ3v) is 6.35. The van der Waals surface area contributed by atoms with Gasteiger partial charge in [0.25, 0.3) is 0 Å². The van der Waals surface area contributed by atoms with Gasteiger partial charge in [-0.05, 0) is 70.7 Å². The van der Waals surface area contributed by atoms with Gasteiger partial charge in [0.2, 0.25) is 5.91 Å². The second kappa shape index (κ2) is 8.42. The maximum atomic E-state index is 13.1. The Morgan fingerprint density at radius 1 is 1.15 bits per heavy atom. The van der Waals surface area contributed by atoms with E-state index in [4.69, 9.17) is 0 Å². The fourth-order valence-corrected chi connectivity index (χ4v) is 4.76. The highest BCUT2D eigenvalue weighted by molar-refractivity contribution is 5.78. The summed E-state index contributed by atoms with van der Waals surface area (Å²) >= 11 is 0. The van der Waals surface area contributed by atoms with E-state index in [9.17, 15) is 4.79 Å². The van der Waals surface area contributed by atoms with Crippen LogP contribution in [0.3, 0.4) is 0 Å². The maximum Gasteiger partial charge on any atom is 0.224 e. The van der Waals surface area contributed by atoms with E-state index < -0.39 is 0 Å². The summed E-state index contributed by atoms with van der Waals surface area (Å²) in [4.78, 5) is 22.4. The van der Waals surface area contributed by atoms with Crippen molar-refractivity contribution in [1.82, 2.24) is 19.4 Å².